The molecule has 2 fully saturated rings. The predicted octanol–water partition coefficient (Wildman–Crippen LogP) is -0.913. The van der Waals surface area contributed by atoms with Gasteiger partial charge in [0.1, 0.15) is 6.04 Å². The maximum Gasteiger partial charge on any atom is 0.242 e. The molecule has 0 bridgehead atoms. The standard InChI is InChI=1S/C12H21N3O3/c1-8-2-3-9(11(13)16)6-15(8)12(17)10-7-18-5-4-14-10/h8-10,14H,2-7H2,1H3,(H2,13,16). The molecule has 0 saturated carbocycles. The topological polar surface area (TPSA) is 84.7 Å². The van der Waals surface area contributed by atoms with Crippen LogP contribution in [0.2, 0.25) is 0 Å². The fourth-order valence-corrected chi connectivity index (χ4v) is 2.57. The Kier molecular flexibility index (Phi) is 4.19. The Morgan fingerprint density at radius 2 is 2.17 bits per heavy atom. The lowest BCUT2D eigenvalue weighted by molar-refractivity contribution is -0.142. The van der Waals surface area contributed by atoms with Gasteiger partial charge in [-0.3, -0.25) is 9.59 Å². The first-order valence-corrected chi connectivity index (χ1v) is 6.50. The zero-order valence-electron chi connectivity index (χ0n) is 10.7. The highest BCUT2D eigenvalue weighted by atomic mass is 16.5. The van der Waals surface area contributed by atoms with Gasteiger partial charge in [0.15, 0.2) is 0 Å². The van der Waals surface area contributed by atoms with Crippen molar-refractivity contribution in [3.63, 3.8) is 0 Å². The first-order valence-electron chi connectivity index (χ1n) is 6.50. The number of hydrogen-bond donors (Lipinski definition) is 2. The number of piperidine rings is 1. The lowest BCUT2D eigenvalue weighted by atomic mass is 9.92. The minimum atomic E-state index is -0.312. The third kappa shape index (κ3) is 2.81. The Bertz CT molecular complexity index is 329. The number of morpholine rings is 1. The van der Waals surface area contributed by atoms with Gasteiger partial charge in [0.25, 0.3) is 0 Å². The van der Waals surface area contributed by atoms with Gasteiger partial charge < -0.3 is 20.7 Å². The summed E-state index contributed by atoms with van der Waals surface area (Å²) < 4.78 is 5.30. The summed E-state index contributed by atoms with van der Waals surface area (Å²) in [5.41, 5.74) is 5.34. The number of nitrogens with one attached hydrogen (secondary N) is 1. The summed E-state index contributed by atoms with van der Waals surface area (Å²) >= 11 is 0. The molecule has 0 aromatic heterocycles. The first kappa shape index (κ1) is 13.3. The number of hydrogen-bond acceptors (Lipinski definition) is 4. The molecule has 0 aromatic carbocycles. The highest BCUT2D eigenvalue weighted by Crippen LogP contribution is 2.22. The molecule has 102 valence electrons. The van der Waals surface area contributed by atoms with Crippen LogP contribution in [0.25, 0.3) is 0 Å². The third-order valence-electron chi connectivity index (χ3n) is 3.79. The van der Waals surface area contributed by atoms with Gasteiger partial charge in [-0.15, -0.1) is 0 Å². The number of carbonyl (C=O) groups excluding carboxylic acids is 2. The Labute approximate surface area is 107 Å². The van der Waals surface area contributed by atoms with E-state index in [1.807, 2.05) is 6.92 Å². The zero-order chi connectivity index (χ0) is 13.1. The monoisotopic (exact) mass is 255 g/mol. The molecule has 2 amide bonds. The molecule has 2 heterocycles. The molecule has 3 unspecified atom stereocenters. The molecule has 6 heteroatoms. The van der Waals surface area contributed by atoms with E-state index in [2.05, 4.69) is 5.32 Å². The number of amides is 2. The molecule has 6 nitrogen and oxygen atoms in total. The summed E-state index contributed by atoms with van der Waals surface area (Å²) in [4.78, 5) is 25.4. The van der Waals surface area contributed by atoms with Crippen LogP contribution in [0.15, 0.2) is 0 Å². The lowest BCUT2D eigenvalue weighted by Crippen LogP contribution is -2.57. The quantitative estimate of drug-likeness (QED) is 0.669. The van der Waals surface area contributed by atoms with Crippen molar-refractivity contribution in [3.05, 3.63) is 0 Å². The molecule has 0 spiro atoms. The molecular weight excluding hydrogens is 234 g/mol. The van der Waals surface area contributed by atoms with Crippen molar-refractivity contribution in [1.29, 1.82) is 0 Å². The van der Waals surface area contributed by atoms with Crippen molar-refractivity contribution in [2.24, 2.45) is 11.7 Å². The summed E-state index contributed by atoms with van der Waals surface area (Å²) in [6.45, 7) is 4.19. The second-order valence-corrected chi connectivity index (χ2v) is 5.10. The summed E-state index contributed by atoms with van der Waals surface area (Å²) in [5, 5.41) is 3.15. The SMILES string of the molecule is CC1CCC(C(N)=O)CN1C(=O)C1COCCN1. The molecule has 2 saturated heterocycles. The largest absolute Gasteiger partial charge is 0.378 e. The van der Waals surface area contributed by atoms with E-state index in [-0.39, 0.29) is 29.8 Å². The molecule has 2 aliphatic heterocycles. The van der Waals surface area contributed by atoms with Gasteiger partial charge in [-0.25, -0.2) is 0 Å². The van der Waals surface area contributed by atoms with Gasteiger partial charge in [0.05, 0.1) is 19.1 Å². The average Bonchev–Trinajstić information content (AvgIpc) is 2.39. The van der Waals surface area contributed by atoms with Crippen LogP contribution >= 0.6 is 0 Å². The Hall–Kier alpha value is -1.14. The van der Waals surface area contributed by atoms with Crippen LogP contribution < -0.4 is 11.1 Å². The lowest BCUT2D eigenvalue weighted by Gasteiger charge is -2.39. The predicted molar refractivity (Wildman–Crippen MR) is 65.7 cm³/mol. The summed E-state index contributed by atoms with van der Waals surface area (Å²) in [5.74, 6) is -0.504. The Morgan fingerprint density at radius 1 is 1.39 bits per heavy atom. The van der Waals surface area contributed by atoms with E-state index in [9.17, 15) is 9.59 Å². The number of carbonyl (C=O) groups is 2. The second kappa shape index (κ2) is 5.67. The van der Waals surface area contributed by atoms with E-state index in [4.69, 9.17) is 10.5 Å². The highest BCUT2D eigenvalue weighted by molar-refractivity contribution is 5.84. The molecule has 3 atom stereocenters. The number of rotatable bonds is 2. The van der Waals surface area contributed by atoms with Crippen LogP contribution in [-0.4, -0.2) is 55.1 Å². The van der Waals surface area contributed by atoms with Crippen molar-refractivity contribution in [2.75, 3.05) is 26.3 Å². The van der Waals surface area contributed by atoms with Gasteiger partial charge in [-0.05, 0) is 19.8 Å². The average molecular weight is 255 g/mol. The van der Waals surface area contributed by atoms with Gasteiger partial charge in [0.2, 0.25) is 11.8 Å². The van der Waals surface area contributed by atoms with Crippen LogP contribution in [0.3, 0.4) is 0 Å². The number of nitrogens with zero attached hydrogens (tertiary/aromatic N) is 1. The second-order valence-electron chi connectivity index (χ2n) is 5.10. The van der Waals surface area contributed by atoms with Crippen LogP contribution in [0, 0.1) is 5.92 Å². The molecule has 18 heavy (non-hydrogen) atoms. The number of likely N-dealkylation sites (tertiary alicyclic amines) is 1. The Balaban J connectivity index is 2.00. The number of ether oxygens (including phenoxy) is 1. The zero-order valence-corrected chi connectivity index (χ0v) is 10.7. The van der Waals surface area contributed by atoms with Gasteiger partial charge in [-0.1, -0.05) is 0 Å². The van der Waals surface area contributed by atoms with Crippen LogP contribution in [0.4, 0.5) is 0 Å². The fourth-order valence-electron chi connectivity index (χ4n) is 2.57. The van der Waals surface area contributed by atoms with Gasteiger partial charge >= 0.3 is 0 Å². The maximum atomic E-state index is 12.4. The molecule has 0 aromatic rings. The first-order chi connectivity index (χ1) is 8.59. The van der Waals surface area contributed by atoms with E-state index >= 15 is 0 Å². The van der Waals surface area contributed by atoms with Crippen molar-refractivity contribution in [1.82, 2.24) is 10.2 Å². The number of primary amides is 1. The summed E-state index contributed by atoms with van der Waals surface area (Å²) in [7, 11) is 0. The normalized spacial score (nSPS) is 33.2. The van der Waals surface area contributed by atoms with Gasteiger partial charge in [-0.2, -0.15) is 0 Å². The molecular formula is C12H21N3O3. The van der Waals surface area contributed by atoms with E-state index < -0.39 is 0 Å². The summed E-state index contributed by atoms with van der Waals surface area (Å²) in [6, 6.07) is -0.121. The molecule has 2 aliphatic rings. The van der Waals surface area contributed by atoms with Crippen LogP contribution in [0.5, 0.6) is 0 Å². The third-order valence-corrected chi connectivity index (χ3v) is 3.79. The smallest absolute Gasteiger partial charge is 0.242 e. The molecule has 2 rings (SSSR count). The molecule has 0 radical (unpaired) electrons. The van der Waals surface area contributed by atoms with E-state index in [0.717, 1.165) is 12.8 Å². The van der Waals surface area contributed by atoms with E-state index in [0.29, 0.717) is 26.3 Å². The van der Waals surface area contributed by atoms with Gasteiger partial charge in [0, 0.05) is 19.1 Å². The highest BCUT2D eigenvalue weighted by Gasteiger charge is 2.35. The number of nitrogens with two attached hydrogens (primary N) is 1. The van der Waals surface area contributed by atoms with Crippen molar-refractivity contribution in [2.45, 2.75) is 31.8 Å². The Morgan fingerprint density at radius 3 is 2.78 bits per heavy atom. The molecule has 3 N–H and O–H groups in total. The van der Waals surface area contributed by atoms with Crippen molar-refractivity contribution < 1.29 is 14.3 Å². The van der Waals surface area contributed by atoms with Crippen LogP contribution in [0.1, 0.15) is 19.8 Å². The van der Waals surface area contributed by atoms with E-state index in [1.54, 1.807) is 4.90 Å². The maximum absolute atomic E-state index is 12.4. The van der Waals surface area contributed by atoms with E-state index in [1.165, 1.54) is 0 Å². The minimum Gasteiger partial charge on any atom is -0.378 e. The minimum absolute atomic E-state index is 0.0214. The van der Waals surface area contributed by atoms with Crippen molar-refractivity contribution >= 4 is 11.8 Å². The fraction of sp³-hybridized carbons (Fsp3) is 0.833. The summed E-state index contributed by atoms with van der Waals surface area (Å²) in [6.07, 6.45) is 1.60. The van der Waals surface area contributed by atoms with Crippen LogP contribution in [-0.2, 0) is 14.3 Å². The van der Waals surface area contributed by atoms with Crippen molar-refractivity contribution in [3.8, 4) is 0 Å². The molecule has 0 aliphatic carbocycles.